The molecule has 0 radical (unpaired) electrons. The van der Waals surface area contributed by atoms with Crippen LogP contribution in [0.15, 0.2) is 42.9 Å². The van der Waals surface area contributed by atoms with Gasteiger partial charge in [0.2, 0.25) is 0 Å². The third kappa shape index (κ3) is 3.60. The van der Waals surface area contributed by atoms with Gasteiger partial charge in [-0.15, -0.1) is 0 Å². The first-order valence-electron chi connectivity index (χ1n) is 7.68. The number of carbonyl (C=O) groups is 1. The SMILES string of the molecule is N#Cc1ccccc1OCC(=O)N1CCN(c2cnccn2)CC1. The second-order valence-corrected chi connectivity index (χ2v) is 5.33. The Labute approximate surface area is 140 Å². The van der Waals surface area contributed by atoms with Crippen molar-refractivity contribution >= 4 is 11.7 Å². The topological polar surface area (TPSA) is 82.4 Å². The molecule has 7 nitrogen and oxygen atoms in total. The highest BCUT2D eigenvalue weighted by atomic mass is 16.5. The lowest BCUT2D eigenvalue weighted by atomic mass is 10.2. The fraction of sp³-hybridized carbons (Fsp3) is 0.294. The highest BCUT2D eigenvalue weighted by Crippen LogP contribution is 2.17. The molecule has 2 heterocycles. The van der Waals surface area contributed by atoms with E-state index < -0.39 is 0 Å². The lowest BCUT2D eigenvalue weighted by molar-refractivity contribution is -0.133. The minimum Gasteiger partial charge on any atom is -0.482 e. The molecule has 1 fully saturated rings. The molecule has 0 bridgehead atoms. The van der Waals surface area contributed by atoms with Crippen LogP contribution in [0.25, 0.3) is 0 Å². The van der Waals surface area contributed by atoms with Gasteiger partial charge in [-0.3, -0.25) is 9.78 Å². The van der Waals surface area contributed by atoms with Gasteiger partial charge < -0.3 is 14.5 Å². The molecule has 24 heavy (non-hydrogen) atoms. The molecular formula is C17H17N5O2. The fourth-order valence-corrected chi connectivity index (χ4v) is 2.56. The molecule has 122 valence electrons. The maximum absolute atomic E-state index is 12.3. The summed E-state index contributed by atoms with van der Waals surface area (Å²) in [5.74, 6) is 1.18. The molecule has 0 N–H and O–H groups in total. The smallest absolute Gasteiger partial charge is 0.260 e. The summed E-state index contributed by atoms with van der Waals surface area (Å²) in [6.07, 6.45) is 5.02. The molecular weight excluding hydrogens is 306 g/mol. The number of nitrogens with zero attached hydrogens (tertiary/aromatic N) is 5. The lowest BCUT2D eigenvalue weighted by Crippen LogP contribution is -2.50. The van der Waals surface area contributed by atoms with E-state index in [0.29, 0.717) is 37.5 Å². The van der Waals surface area contributed by atoms with E-state index >= 15 is 0 Å². The van der Waals surface area contributed by atoms with Crippen molar-refractivity contribution in [3.05, 3.63) is 48.4 Å². The van der Waals surface area contributed by atoms with Gasteiger partial charge in [0, 0.05) is 38.6 Å². The number of nitriles is 1. The monoisotopic (exact) mass is 323 g/mol. The average molecular weight is 323 g/mol. The Morgan fingerprint density at radius 2 is 2.00 bits per heavy atom. The number of rotatable bonds is 4. The standard InChI is InChI=1S/C17H17N5O2/c18-11-14-3-1-2-4-15(14)24-13-17(23)22-9-7-21(8-10-22)16-12-19-5-6-20-16/h1-6,12H,7-10,13H2. The summed E-state index contributed by atoms with van der Waals surface area (Å²) in [5, 5.41) is 9.03. The zero-order valence-electron chi connectivity index (χ0n) is 13.1. The normalized spacial score (nSPS) is 14.1. The zero-order valence-corrected chi connectivity index (χ0v) is 13.1. The van der Waals surface area contributed by atoms with Crippen LogP contribution < -0.4 is 9.64 Å². The molecule has 1 amide bonds. The molecule has 1 saturated heterocycles. The summed E-state index contributed by atoms with van der Waals surface area (Å²) in [6, 6.07) is 8.95. The Morgan fingerprint density at radius 1 is 1.21 bits per heavy atom. The number of piperazine rings is 1. The number of aromatic nitrogens is 2. The molecule has 0 unspecified atom stereocenters. The summed E-state index contributed by atoms with van der Waals surface area (Å²) >= 11 is 0. The van der Waals surface area contributed by atoms with Gasteiger partial charge in [-0.05, 0) is 12.1 Å². The first-order chi connectivity index (χ1) is 11.8. The number of hydrogen-bond donors (Lipinski definition) is 0. The van der Waals surface area contributed by atoms with Crippen LogP contribution in [0.1, 0.15) is 5.56 Å². The van der Waals surface area contributed by atoms with Gasteiger partial charge >= 0.3 is 0 Å². The van der Waals surface area contributed by atoms with Crippen LogP contribution in [0.3, 0.4) is 0 Å². The Morgan fingerprint density at radius 3 is 2.71 bits per heavy atom. The predicted molar refractivity (Wildman–Crippen MR) is 87.5 cm³/mol. The third-order valence-corrected chi connectivity index (χ3v) is 3.86. The maximum Gasteiger partial charge on any atom is 0.260 e. The Balaban J connectivity index is 1.51. The maximum atomic E-state index is 12.3. The van der Waals surface area contributed by atoms with Crippen molar-refractivity contribution in [3.8, 4) is 11.8 Å². The van der Waals surface area contributed by atoms with Gasteiger partial charge in [0.15, 0.2) is 6.61 Å². The molecule has 0 saturated carbocycles. The Hall–Kier alpha value is -3.14. The minimum atomic E-state index is -0.0819. The summed E-state index contributed by atoms with van der Waals surface area (Å²) in [4.78, 5) is 24.5. The van der Waals surface area contributed by atoms with Crippen LogP contribution in [0.5, 0.6) is 5.75 Å². The van der Waals surface area contributed by atoms with Gasteiger partial charge in [0.05, 0.1) is 11.8 Å². The van der Waals surface area contributed by atoms with Crippen LogP contribution in [0, 0.1) is 11.3 Å². The van der Waals surface area contributed by atoms with Crippen LogP contribution in [0.2, 0.25) is 0 Å². The number of hydrogen-bond acceptors (Lipinski definition) is 6. The molecule has 1 aromatic carbocycles. The highest BCUT2D eigenvalue weighted by molar-refractivity contribution is 5.78. The summed E-state index contributed by atoms with van der Waals surface area (Å²) in [6.45, 7) is 2.57. The van der Waals surface area contributed by atoms with Gasteiger partial charge in [0.1, 0.15) is 17.6 Å². The van der Waals surface area contributed by atoms with E-state index in [1.54, 1.807) is 47.8 Å². The van der Waals surface area contributed by atoms with Crippen molar-refractivity contribution in [1.82, 2.24) is 14.9 Å². The van der Waals surface area contributed by atoms with Crippen LogP contribution in [-0.2, 0) is 4.79 Å². The van der Waals surface area contributed by atoms with Crippen LogP contribution >= 0.6 is 0 Å². The van der Waals surface area contributed by atoms with Crippen molar-refractivity contribution < 1.29 is 9.53 Å². The molecule has 0 atom stereocenters. The summed E-state index contributed by atoms with van der Waals surface area (Å²) < 4.78 is 5.50. The van der Waals surface area contributed by atoms with Crippen molar-refractivity contribution in [1.29, 1.82) is 5.26 Å². The molecule has 1 aromatic heterocycles. The minimum absolute atomic E-state index is 0.0656. The number of anilines is 1. The van der Waals surface area contributed by atoms with Crippen molar-refractivity contribution in [2.45, 2.75) is 0 Å². The van der Waals surface area contributed by atoms with Crippen LogP contribution in [0.4, 0.5) is 5.82 Å². The first kappa shape index (κ1) is 15.7. The van der Waals surface area contributed by atoms with E-state index in [9.17, 15) is 4.79 Å². The van der Waals surface area contributed by atoms with E-state index in [-0.39, 0.29) is 12.5 Å². The van der Waals surface area contributed by atoms with Crippen LogP contribution in [-0.4, -0.2) is 53.6 Å². The van der Waals surface area contributed by atoms with Crippen molar-refractivity contribution in [3.63, 3.8) is 0 Å². The number of ether oxygens (including phenoxy) is 1. The number of carbonyl (C=O) groups excluding carboxylic acids is 1. The quantitative estimate of drug-likeness (QED) is 0.837. The zero-order chi connectivity index (χ0) is 16.8. The number of benzene rings is 1. The Kier molecular flexibility index (Phi) is 4.87. The molecule has 0 spiro atoms. The van der Waals surface area contributed by atoms with E-state index in [1.807, 2.05) is 0 Å². The fourth-order valence-electron chi connectivity index (χ4n) is 2.56. The highest BCUT2D eigenvalue weighted by Gasteiger charge is 2.22. The van der Waals surface area contributed by atoms with Crippen molar-refractivity contribution in [2.75, 3.05) is 37.7 Å². The van der Waals surface area contributed by atoms with E-state index in [1.165, 1.54) is 0 Å². The van der Waals surface area contributed by atoms with Gasteiger partial charge in [-0.25, -0.2) is 4.98 Å². The van der Waals surface area contributed by atoms with Crippen molar-refractivity contribution in [2.24, 2.45) is 0 Å². The third-order valence-electron chi connectivity index (χ3n) is 3.86. The molecule has 7 heteroatoms. The number of para-hydroxylation sites is 1. The Bertz CT molecular complexity index is 736. The summed E-state index contributed by atoms with van der Waals surface area (Å²) in [5.41, 5.74) is 0.428. The largest absolute Gasteiger partial charge is 0.482 e. The van der Waals surface area contributed by atoms with Gasteiger partial charge in [-0.2, -0.15) is 5.26 Å². The van der Waals surface area contributed by atoms with E-state index in [0.717, 1.165) is 5.82 Å². The molecule has 0 aliphatic carbocycles. The van der Waals surface area contributed by atoms with E-state index in [4.69, 9.17) is 10.00 Å². The summed E-state index contributed by atoms with van der Waals surface area (Å²) in [7, 11) is 0. The van der Waals surface area contributed by atoms with E-state index in [2.05, 4.69) is 20.9 Å². The van der Waals surface area contributed by atoms with Gasteiger partial charge in [0.25, 0.3) is 5.91 Å². The molecule has 2 aromatic rings. The molecule has 3 rings (SSSR count). The van der Waals surface area contributed by atoms with Gasteiger partial charge in [-0.1, -0.05) is 12.1 Å². The first-order valence-corrected chi connectivity index (χ1v) is 7.68. The predicted octanol–water partition coefficient (Wildman–Crippen LogP) is 1.08. The number of amides is 1. The molecule has 1 aliphatic heterocycles. The second-order valence-electron chi connectivity index (χ2n) is 5.33. The average Bonchev–Trinajstić information content (AvgIpc) is 2.67. The lowest BCUT2D eigenvalue weighted by Gasteiger charge is -2.35. The molecule has 1 aliphatic rings. The second kappa shape index (κ2) is 7.42.